The monoisotopic (exact) mass is 309 g/mol. The van der Waals surface area contributed by atoms with Gasteiger partial charge in [0.05, 0.1) is 0 Å². The van der Waals surface area contributed by atoms with E-state index in [9.17, 15) is 9.59 Å². The number of rotatable bonds is 2. The molecule has 21 heavy (non-hydrogen) atoms. The molecule has 3 rings (SSSR count). The van der Waals surface area contributed by atoms with Gasteiger partial charge in [-0.25, -0.2) is 0 Å². The smallest absolute Gasteiger partial charge is 0.254 e. The van der Waals surface area contributed by atoms with E-state index in [1.165, 1.54) is 11.1 Å². The van der Waals surface area contributed by atoms with Crippen molar-refractivity contribution in [2.75, 3.05) is 13.6 Å². The van der Waals surface area contributed by atoms with Crippen LogP contribution >= 0.6 is 12.4 Å². The summed E-state index contributed by atoms with van der Waals surface area (Å²) in [6, 6.07) is 5.51. The molecule has 1 saturated heterocycles. The first-order chi connectivity index (χ1) is 9.70. The number of nitrogens with one attached hydrogen (secondary N) is 2. The minimum absolute atomic E-state index is 0. The number of fused-ring (bicyclic) bond motifs is 1. The summed E-state index contributed by atoms with van der Waals surface area (Å²) >= 11 is 0. The van der Waals surface area contributed by atoms with Crippen molar-refractivity contribution in [3.8, 4) is 0 Å². The second-order valence-corrected chi connectivity index (χ2v) is 5.36. The Bertz CT molecular complexity index is 562. The fourth-order valence-electron chi connectivity index (χ4n) is 3.04. The second-order valence-electron chi connectivity index (χ2n) is 5.36. The van der Waals surface area contributed by atoms with Crippen LogP contribution in [0.4, 0.5) is 0 Å². The maximum absolute atomic E-state index is 12.6. The van der Waals surface area contributed by atoms with Gasteiger partial charge in [0, 0.05) is 32.2 Å². The summed E-state index contributed by atoms with van der Waals surface area (Å²) in [6.07, 6.45) is 1.63. The van der Waals surface area contributed by atoms with Crippen molar-refractivity contribution < 1.29 is 9.59 Å². The van der Waals surface area contributed by atoms with Crippen molar-refractivity contribution in [1.82, 2.24) is 15.5 Å². The number of amides is 2. The van der Waals surface area contributed by atoms with E-state index in [1.807, 2.05) is 18.2 Å². The molecule has 2 amide bonds. The molecule has 0 bridgehead atoms. The first kappa shape index (κ1) is 15.8. The SMILES string of the molecule is CNC(=O)C1CCCN1C(=O)c1ccc2c(c1)CNC2.Cl. The van der Waals surface area contributed by atoms with Crippen molar-refractivity contribution in [2.45, 2.75) is 32.0 Å². The van der Waals surface area contributed by atoms with Gasteiger partial charge in [0.15, 0.2) is 0 Å². The first-order valence-electron chi connectivity index (χ1n) is 7.06. The third-order valence-electron chi connectivity index (χ3n) is 4.15. The normalized spacial score (nSPS) is 19.9. The third kappa shape index (κ3) is 2.89. The van der Waals surface area contributed by atoms with Crippen LogP contribution in [-0.2, 0) is 17.9 Å². The third-order valence-corrected chi connectivity index (χ3v) is 4.15. The first-order valence-corrected chi connectivity index (χ1v) is 7.06. The van der Waals surface area contributed by atoms with Gasteiger partial charge in [-0.1, -0.05) is 6.07 Å². The minimum atomic E-state index is -0.320. The summed E-state index contributed by atoms with van der Waals surface area (Å²) in [5, 5.41) is 5.91. The molecule has 1 atom stereocenters. The molecule has 0 radical (unpaired) electrons. The van der Waals surface area contributed by atoms with Gasteiger partial charge in [0.2, 0.25) is 5.91 Å². The van der Waals surface area contributed by atoms with Crippen molar-refractivity contribution >= 4 is 24.2 Å². The molecule has 1 unspecified atom stereocenters. The zero-order chi connectivity index (χ0) is 14.1. The number of benzene rings is 1. The zero-order valence-corrected chi connectivity index (χ0v) is 12.8. The largest absolute Gasteiger partial charge is 0.357 e. The van der Waals surface area contributed by atoms with Crippen LogP contribution in [0.3, 0.4) is 0 Å². The van der Waals surface area contributed by atoms with E-state index in [0.29, 0.717) is 12.1 Å². The van der Waals surface area contributed by atoms with E-state index in [-0.39, 0.29) is 30.3 Å². The lowest BCUT2D eigenvalue weighted by Gasteiger charge is -2.23. The standard InChI is InChI=1S/C15H19N3O2.ClH/c1-16-14(19)13-3-2-6-18(13)15(20)10-4-5-11-8-17-9-12(11)7-10;/h4-5,7,13,17H,2-3,6,8-9H2,1H3,(H,16,19);1H. The number of carbonyl (C=O) groups is 2. The van der Waals surface area contributed by atoms with Crippen LogP contribution in [0.2, 0.25) is 0 Å². The number of likely N-dealkylation sites (N-methyl/N-ethyl adjacent to an activating group) is 1. The Morgan fingerprint density at radius 3 is 2.81 bits per heavy atom. The molecule has 2 aliphatic rings. The van der Waals surface area contributed by atoms with E-state index in [1.54, 1.807) is 11.9 Å². The lowest BCUT2D eigenvalue weighted by atomic mass is 10.1. The molecule has 1 fully saturated rings. The molecule has 1 aromatic carbocycles. The van der Waals surface area contributed by atoms with Gasteiger partial charge < -0.3 is 15.5 Å². The van der Waals surface area contributed by atoms with Gasteiger partial charge in [0.1, 0.15) is 6.04 Å². The van der Waals surface area contributed by atoms with Crippen molar-refractivity contribution in [3.63, 3.8) is 0 Å². The van der Waals surface area contributed by atoms with E-state index in [0.717, 1.165) is 25.9 Å². The van der Waals surface area contributed by atoms with Gasteiger partial charge in [0.25, 0.3) is 5.91 Å². The fourth-order valence-corrected chi connectivity index (χ4v) is 3.04. The summed E-state index contributed by atoms with van der Waals surface area (Å²) in [5.74, 6) is -0.107. The van der Waals surface area contributed by atoms with Crippen molar-refractivity contribution in [2.24, 2.45) is 0 Å². The molecule has 114 valence electrons. The van der Waals surface area contributed by atoms with Crippen LogP contribution in [0.1, 0.15) is 34.3 Å². The molecule has 0 saturated carbocycles. The predicted octanol–water partition coefficient (Wildman–Crippen LogP) is 1.06. The van der Waals surface area contributed by atoms with Crippen LogP contribution in [0, 0.1) is 0 Å². The van der Waals surface area contributed by atoms with E-state index >= 15 is 0 Å². The highest BCUT2D eigenvalue weighted by molar-refractivity contribution is 5.98. The van der Waals surface area contributed by atoms with E-state index < -0.39 is 0 Å². The second kappa shape index (κ2) is 6.45. The number of hydrogen-bond acceptors (Lipinski definition) is 3. The molecule has 2 heterocycles. The highest BCUT2D eigenvalue weighted by Gasteiger charge is 2.34. The van der Waals surface area contributed by atoms with Gasteiger partial charge >= 0.3 is 0 Å². The Labute approximate surface area is 130 Å². The molecule has 2 N–H and O–H groups in total. The van der Waals surface area contributed by atoms with E-state index in [4.69, 9.17) is 0 Å². The highest BCUT2D eigenvalue weighted by Crippen LogP contribution is 2.23. The van der Waals surface area contributed by atoms with Gasteiger partial charge in [-0.2, -0.15) is 0 Å². The molecule has 0 spiro atoms. The minimum Gasteiger partial charge on any atom is -0.357 e. The topological polar surface area (TPSA) is 61.4 Å². The van der Waals surface area contributed by atoms with Crippen LogP contribution < -0.4 is 10.6 Å². The number of likely N-dealkylation sites (tertiary alicyclic amines) is 1. The van der Waals surface area contributed by atoms with Crippen LogP contribution in [0.25, 0.3) is 0 Å². The van der Waals surface area contributed by atoms with Gasteiger partial charge in [-0.3, -0.25) is 9.59 Å². The Morgan fingerprint density at radius 2 is 2.05 bits per heavy atom. The fraction of sp³-hybridized carbons (Fsp3) is 0.467. The average molecular weight is 310 g/mol. The molecule has 6 heteroatoms. The molecular formula is C15H20ClN3O2. The Morgan fingerprint density at radius 1 is 1.29 bits per heavy atom. The van der Waals surface area contributed by atoms with Crippen molar-refractivity contribution in [3.05, 3.63) is 34.9 Å². The molecule has 2 aliphatic heterocycles. The van der Waals surface area contributed by atoms with Crippen molar-refractivity contribution in [1.29, 1.82) is 0 Å². The lowest BCUT2D eigenvalue weighted by Crippen LogP contribution is -2.44. The van der Waals surface area contributed by atoms with Crippen LogP contribution in [0.15, 0.2) is 18.2 Å². The summed E-state index contributed by atoms with van der Waals surface area (Å²) in [7, 11) is 1.62. The number of hydrogen-bond donors (Lipinski definition) is 2. The Hall–Kier alpha value is -1.59. The van der Waals surface area contributed by atoms with Gasteiger partial charge in [-0.15, -0.1) is 12.4 Å². The summed E-state index contributed by atoms with van der Waals surface area (Å²) < 4.78 is 0. The van der Waals surface area contributed by atoms with Crippen LogP contribution in [0.5, 0.6) is 0 Å². The highest BCUT2D eigenvalue weighted by atomic mass is 35.5. The molecule has 0 aromatic heterocycles. The molecule has 0 aliphatic carbocycles. The number of halogens is 1. The maximum Gasteiger partial charge on any atom is 0.254 e. The lowest BCUT2D eigenvalue weighted by molar-refractivity contribution is -0.124. The maximum atomic E-state index is 12.6. The number of carbonyl (C=O) groups excluding carboxylic acids is 2. The predicted molar refractivity (Wildman–Crippen MR) is 82.4 cm³/mol. The molecule has 1 aromatic rings. The van der Waals surface area contributed by atoms with E-state index in [2.05, 4.69) is 10.6 Å². The van der Waals surface area contributed by atoms with Crippen LogP contribution in [-0.4, -0.2) is 36.3 Å². The summed E-state index contributed by atoms with van der Waals surface area (Å²) in [5.41, 5.74) is 3.13. The average Bonchev–Trinajstić information content (AvgIpc) is 3.13. The Kier molecular flexibility index (Phi) is 4.85. The summed E-state index contributed by atoms with van der Waals surface area (Å²) in [4.78, 5) is 26.1. The van der Waals surface area contributed by atoms with Gasteiger partial charge in [-0.05, 0) is 36.1 Å². The molecular weight excluding hydrogens is 290 g/mol. The Balaban J connectivity index is 0.00000161. The quantitative estimate of drug-likeness (QED) is 0.859. The molecule has 5 nitrogen and oxygen atoms in total. The number of nitrogens with zero attached hydrogens (tertiary/aromatic N) is 1. The summed E-state index contributed by atoms with van der Waals surface area (Å²) in [6.45, 7) is 2.34. The zero-order valence-electron chi connectivity index (χ0n) is 12.0.